The van der Waals surface area contributed by atoms with E-state index in [0.29, 0.717) is 55.1 Å². The highest BCUT2D eigenvalue weighted by atomic mass is 35.5. The van der Waals surface area contributed by atoms with Crippen molar-refractivity contribution < 1.29 is 19.4 Å². The molecule has 1 aliphatic heterocycles. The molecule has 11 heteroatoms. The Morgan fingerprint density at radius 2 is 1.73 bits per heavy atom. The lowest BCUT2D eigenvalue weighted by molar-refractivity contribution is 0.0698. The molecule has 7 rings (SSSR count). The summed E-state index contributed by atoms with van der Waals surface area (Å²) in [6.07, 6.45) is 3.60. The molecular weight excluding hydrogens is 661 g/mol. The van der Waals surface area contributed by atoms with Crippen LogP contribution in [-0.4, -0.2) is 49.5 Å². The summed E-state index contributed by atoms with van der Waals surface area (Å²) in [5.41, 5.74) is 9.68. The normalized spacial score (nSPS) is 13.4. The van der Waals surface area contributed by atoms with Crippen LogP contribution in [0, 0.1) is 27.7 Å². The fourth-order valence-corrected chi connectivity index (χ4v) is 7.73. The first kappa shape index (κ1) is 32.8. The van der Waals surface area contributed by atoms with E-state index in [2.05, 4.69) is 14.8 Å². The molecule has 252 valence electrons. The standard InChI is InChI=1S/C38H37Cl2N5O4/c1-20-16-25(17-21(2)34(20)40)49-15-6-8-27-28-11-12-30(39)33(32-22(3)41-42-23(32)4)35(28)45-14-7-13-44(37(46)36(27)45)24-9-10-26-29(38(47)48)19-43(5)31(26)18-24/h9-12,16-19H,6-8,13-15H2,1-5H3,(H,41,42)(H,47,48). The van der Waals surface area contributed by atoms with Gasteiger partial charge in [-0.05, 0) is 100 Å². The number of benzene rings is 3. The predicted molar refractivity (Wildman–Crippen MR) is 195 cm³/mol. The molecule has 0 saturated carbocycles. The highest BCUT2D eigenvalue weighted by molar-refractivity contribution is 6.35. The second-order valence-electron chi connectivity index (χ2n) is 12.9. The van der Waals surface area contributed by atoms with Gasteiger partial charge >= 0.3 is 5.97 Å². The Hall–Kier alpha value is -4.73. The first-order chi connectivity index (χ1) is 23.5. The van der Waals surface area contributed by atoms with Crippen LogP contribution in [-0.2, 0) is 20.0 Å². The summed E-state index contributed by atoms with van der Waals surface area (Å²) in [4.78, 5) is 28.5. The maximum Gasteiger partial charge on any atom is 0.337 e. The number of aryl methyl sites for hydroxylation is 7. The van der Waals surface area contributed by atoms with Gasteiger partial charge in [0.15, 0.2) is 0 Å². The van der Waals surface area contributed by atoms with Crippen LogP contribution >= 0.6 is 23.2 Å². The Bertz CT molecular complexity index is 2270. The number of fused-ring (bicyclic) bond motifs is 4. The van der Waals surface area contributed by atoms with Crippen LogP contribution in [0.1, 0.15) is 61.8 Å². The molecule has 3 aromatic carbocycles. The number of carboxylic acids is 1. The van der Waals surface area contributed by atoms with Crippen LogP contribution in [0.5, 0.6) is 5.75 Å². The number of H-pyrrole nitrogens is 1. The van der Waals surface area contributed by atoms with Gasteiger partial charge in [0.25, 0.3) is 5.91 Å². The maximum absolute atomic E-state index is 14.8. The van der Waals surface area contributed by atoms with Crippen LogP contribution in [0.15, 0.2) is 48.7 Å². The largest absolute Gasteiger partial charge is 0.494 e. The van der Waals surface area contributed by atoms with Crippen molar-refractivity contribution in [1.29, 1.82) is 0 Å². The van der Waals surface area contributed by atoms with Gasteiger partial charge < -0.3 is 23.9 Å². The average Bonchev–Trinajstić information content (AvgIpc) is 3.65. The number of aromatic carboxylic acids is 1. The first-order valence-corrected chi connectivity index (χ1v) is 17.1. The molecule has 1 aliphatic rings. The van der Waals surface area contributed by atoms with E-state index >= 15 is 0 Å². The van der Waals surface area contributed by atoms with Crippen LogP contribution in [0.25, 0.3) is 32.9 Å². The van der Waals surface area contributed by atoms with Crippen LogP contribution in [0.3, 0.4) is 0 Å². The Morgan fingerprint density at radius 1 is 1.00 bits per heavy atom. The smallest absolute Gasteiger partial charge is 0.337 e. The molecule has 4 heterocycles. The lowest BCUT2D eigenvalue weighted by Gasteiger charge is -2.21. The quantitative estimate of drug-likeness (QED) is 0.155. The molecule has 0 aliphatic carbocycles. The molecule has 0 bridgehead atoms. The van der Waals surface area contributed by atoms with Gasteiger partial charge in [-0.15, -0.1) is 0 Å². The van der Waals surface area contributed by atoms with Crippen molar-refractivity contribution in [2.45, 2.75) is 53.5 Å². The highest BCUT2D eigenvalue weighted by Crippen LogP contribution is 2.43. The number of nitrogens with one attached hydrogen (secondary N) is 1. The summed E-state index contributed by atoms with van der Waals surface area (Å²) >= 11 is 13.4. The van der Waals surface area contributed by atoms with Crippen LogP contribution in [0.2, 0.25) is 10.0 Å². The molecule has 0 atom stereocenters. The number of halogens is 2. The van der Waals surface area contributed by atoms with Gasteiger partial charge in [0.2, 0.25) is 0 Å². The summed E-state index contributed by atoms with van der Waals surface area (Å²) in [5, 5.41) is 20.2. The Kier molecular flexibility index (Phi) is 8.45. The number of carbonyl (C=O) groups is 2. The van der Waals surface area contributed by atoms with Crippen LogP contribution in [0.4, 0.5) is 5.69 Å². The van der Waals surface area contributed by atoms with E-state index in [0.717, 1.165) is 72.1 Å². The topological polar surface area (TPSA) is 105 Å². The lowest BCUT2D eigenvalue weighted by atomic mass is 9.98. The molecule has 0 spiro atoms. The van der Waals surface area contributed by atoms with E-state index in [-0.39, 0.29) is 11.5 Å². The molecule has 49 heavy (non-hydrogen) atoms. The molecule has 0 radical (unpaired) electrons. The molecule has 0 unspecified atom stereocenters. The second kappa shape index (κ2) is 12.6. The first-order valence-electron chi connectivity index (χ1n) is 16.4. The highest BCUT2D eigenvalue weighted by Gasteiger charge is 2.32. The van der Waals surface area contributed by atoms with E-state index in [1.54, 1.807) is 16.8 Å². The zero-order valence-corrected chi connectivity index (χ0v) is 29.6. The summed E-state index contributed by atoms with van der Waals surface area (Å²) in [6.45, 7) is 9.46. The summed E-state index contributed by atoms with van der Waals surface area (Å²) in [7, 11) is 1.82. The zero-order valence-electron chi connectivity index (χ0n) is 28.1. The van der Waals surface area contributed by atoms with Gasteiger partial charge in [-0.1, -0.05) is 29.3 Å². The number of aromatic nitrogens is 4. The van der Waals surface area contributed by atoms with Gasteiger partial charge in [0.1, 0.15) is 11.4 Å². The van der Waals surface area contributed by atoms with Crippen molar-refractivity contribution >= 4 is 62.6 Å². The molecule has 1 amide bonds. The third-order valence-corrected chi connectivity index (χ3v) is 10.5. The van der Waals surface area contributed by atoms with Gasteiger partial charge in [-0.25, -0.2) is 4.79 Å². The van der Waals surface area contributed by atoms with E-state index in [1.165, 1.54) is 0 Å². The van der Waals surface area contributed by atoms with E-state index in [4.69, 9.17) is 27.9 Å². The number of anilines is 1. The molecule has 0 saturated heterocycles. The number of aromatic amines is 1. The van der Waals surface area contributed by atoms with Crippen molar-refractivity contribution in [3.63, 3.8) is 0 Å². The molecule has 3 aromatic heterocycles. The number of carbonyl (C=O) groups excluding carboxylic acids is 1. The molecular formula is C38H37Cl2N5O4. The fraction of sp³-hybridized carbons (Fsp3) is 0.289. The number of hydrogen-bond donors (Lipinski definition) is 2. The molecule has 9 nitrogen and oxygen atoms in total. The maximum atomic E-state index is 14.8. The zero-order chi connectivity index (χ0) is 34.7. The fourth-order valence-electron chi connectivity index (χ4n) is 7.37. The minimum atomic E-state index is -0.985. The third-order valence-electron chi connectivity index (χ3n) is 9.63. The van der Waals surface area contributed by atoms with Crippen molar-refractivity contribution in [2.75, 3.05) is 18.1 Å². The number of nitrogens with zero attached hydrogens (tertiary/aromatic N) is 4. The summed E-state index contributed by atoms with van der Waals surface area (Å²) in [5.74, 6) is -0.325. The van der Waals surface area contributed by atoms with E-state index < -0.39 is 5.97 Å². The lowest BCUT2D eigenvalue weighted by Crippen LogP contribution is -2.31. The molecule has 2 N–H and O–H groups in total. The number of ether oxygens (including phenoxy) is 1. The number of hydrogen-bond acceptors (Lipinski definition) is 4. The minimum Gasteiger partial charge on any atom is -0.494 e. The Balaban J connectivity index is 1.33. The van der Waals surface area contributed by atoms with Crippen molar-refractivity contribution in [3.05, 3.63) is 98.0 Å². The van der Waals surface area contributed by atoms with E-state index in [9.17, 15) is 14.7 Å². The SMILES string of the molecule is Cc1cc(OCCCc2c3n(c4c(-c5c(C)n[nH]c5C)c(Cl)ccc24)CCCN(c2ccc4c(C(=O)O)cn(C)c4c2)C3=O)cc(C)c1Cl. The van der Waals surface area contributed by atoms with Crippen LogP contribution < -0.4 is 9.64 Å². The third kappa shape index (κ3) is 5.55. The van der Waals surface area contributed by atoms with Gasteiger partial charge in [0, 0.05) is 64.6 Å². The van der Waals surface area contributed by atoms with Gasteiger partial charge in [0.05, 0.1) is 33.9 Å². The number of amides is 1. The van der Waals surface area contributed by atoms with Crippen molar-refractivity contribution in [2.24, 2.45) is 7.05 Å². The summed E-state index contributed by atoms with van der Waals surface area (Å²) in [6, 6.07) is 13.4. The second-order valence-corrected chi connectivity index (χ2v) is 13.7. The summed E-state index contributed by atoms with van der Waals surface area (Å²) < 4.78 is 10.1. The molecule has 6 aromatic rings. The predicted octanol–water partition coefficient (Wildman–Crippen LogP) is 8.82. The monoisotopic (exact) mass is 697 g/mol. The molecule has 0 fully saturated rings. The average molecular weight is 699 g/mol. The number of carboxylic acid groups (broad SMARTS) is 1. The van der Waals surface area contributed by atoms with Crippen molar-refractivity contribution in [3.8, 4) is 16.9 Å². The van der Waals surface area contributed by atoms with Crippen molar-refractivity contribution in [1.82, 2.24) is 19.3 Å². The van der Waals surface area contributed by atoms with Gasteiger partial charge in [-0.3, -0.25) is 9.89 Å². The number of rotatable bonds is 8. The van der Waals surface area contributed by atoms with E-state index in [1.807, 2.05) is 76.0 Å². The van der Waals surface area contributed by atoms with Gasteiger partial charge in [-0.2, -0.15) is 5.10 Å². The minimum absolute atomic E-state index is 0.108. The Morgan fingerprint density at radius 3 is 2.43 bits per heavy atom. The Labute approximate surface area is 294 Å².